The van der Waals surface area contributed by atoms with Crippen molar-refractivity contribution in [3.05, 3.63) is 63.6 Å². The Labute approximate surface area is 131 Å². The Morgan fingerprint density at radius 2 is 1.95 bits per heavy atom. The van der Waals surface area contributed by atoms with E-state index in [1.54, 1.807) is 0 Å². The monoisotopic (exact) mass is 349 g/mol. The van der Waals surface area contributed by atoms with Crippen LogP contribution in [0.4, 0.5) is 5.69 Å². The first-order valence-electron chi connectivity index (χ1n) is 6.26. The van der Waals surface area contributed by atoms with E-state index in [-0.39, 0.29) is 6.04 Å². The molecule has 0 aromatic heterocycles. The molecule has 2 N–H and O–H groups in total. The van der Waals surface area contributed by atoms with Crippen LogP contribution in [0.15, 0.2) is 58.0 Å². The van der Waals surface area contributed by atoms with Gasteiger partial charge in [0.2, 0.25) is 0 Å². The second-order valence-corrected chi connectivity index (χ2v) is 5.91. The van der Waals surface area contributed by atoms with Gasteiger partial charge in [-0.05, 0) is 29.8 Å². The molecule has 1 atom stereocenters. The van der Waals surface area contributed by atoms with Gasteiger partial charge in [-0.3, -0.25) is 4.99 Å². The Kier molecular flexibility index (Phi) is 3.68. The topological polar surface area (TPSA) is 41.6 Å². The molecule has 102 valence electrons. The Balaban J connectivity index is 2.01. The van der Waals surface area contributed by atoms with Gasteiger partial charge < -0.3 is 10.6 Å². The lowest BCUT2D eigenvalue weighted by molar-refractivity contribution is 0.769. The number of hydrogen-bond acceptors (Lipinski definition) is 3. The quantitative estimate of drug-likeness (QED) is 0.890. The van der Waals surface area contributed by atoms with Gasteiger partial charge in [0.15, 0.2) is 5.96 Å². The van der Waals surface area contributed by atoms with Crippen LogP contribution in [0.25, 0.3) is 0 Å². The third-order valence-electron chi connectivity index (χ3n) is 3.34. The van der Waals surface area contributed by atoms with Crippen molar-refractivity contribution >= 4 is 39.2 Å². The highest BCUT2D eigenvalue weighted by Crippen LogP contribution is 2.35. The molecule has 0 aliphatic carbocycles. The summed E-state index contributed by atoms with van der Waals surface area (Å²) in [7, 11) is 0. The van der Waals surface area contributed by atoms with Crippen LogP contribution >= 0.6 is 27.5 Å². The molecule has 1 unspecified atom stereocenters. The minimum Gasteiger partial charge on any atom is -0.369 e. The normalized spacial score (nSPS) is 18.2. The zero-order valence-electron chi connectivity index (χ0n) is 10.6. The van der Waals surface area contributed by atoms with Gasteiger partial charge in [0.1, 0.15) is 0 Å². The highest BCUT2D eigenvalue weighted by atomic mass is 79.9. The summed E-state index contributed by atoms with van der Waals surface area (Å²) < 4.78 is 0.962. The summed E-state index contributed by atoms with van der Waals surface area (Å²) in [4.78, 5) is 6.39. The van der Waals surface area contributed by atoms with Gasteiger partial charge in [-0.15, -0.1) is 0 Å². The number of aliphatic imine (C=N–C) groups is 1. The molecule has 3 rings (SSSR count). The molecule has 0 radical (unpaired) electrons. The highest BCUT2D eigenvalue weighted by Gasteiger charge is 2.30. The third-order valence-corrected chi connectivity index (χ3v) is 4.16. The fourth-order valence-corrected chi connectivity index (χ4v) is 3.21. The van der Waals surface area contributed by atoms with E-state index in [0.29, 0.717) is 12.5 Å². The van der Waals surface area contributed by atoms with E-state index in [9.17, 15) is 0 Å². The number of benzene rings is 2. The Bertz CT molecular complexity index is 657. The van der Waals surface area contributed by atoms with Crippen molar-refractivity contribution in [2.75, 3.05) is 11.4 Å². The van der Waals surface area contributed by atoms with Crippen molar-refractivity contribution in [3.8, 4) is 0 Å². The molecule has 2 aromatic rings. The lowest BCUT2D eigenvalue weighted by Gasteiger charge is -2.27. The summed E-state index contributed by atoms with van der Waals surface area (Å²) in [5, 5.41) is 0.718. The molecule has 20 heavy (non-hydrogen) atoms. The number of rotatable bonds is 2. The molecule has 0 saturated heterocycles. The lowest BCUT2D eigenvalue weighted by atomic mass is 10.1. The average Bonchev–Trinajstić information content (AvgIpc) is 2.81. The number of para-hydroxylation sites is 1. The molecule has 0 spiro atoms. The molecule has 2 aromatic carbocycles. The molecule has 3 nitrogen and oxygen atoms in total. The van der Waals surface area contributed by atoms with Crippen molar-refractivity contribution in [1.29, 1.82) is 0 Å². The molecule has 5 heteroatoms. The maximum absolute atomic E-state index is 6.36. The second-order valence-electron chi connectivity index (χ2n) is 4.59. The van der Waals surface area contributed by atoms with Crippen LogP contribution < -0.4 is 10.6 Å². The Hall–Kier alpha value is -1.52. The SMILES string of the molecule is NC1=NCC(c2ccc(Br)cc2Cl)N1c1ccccc1. The first-order chi connectivity index (χ1) is 9.66. The molecular weight excluding hydrogens is 338 g/mol. The third kappa shape index (κ3) is 2.41. The molecule has 1 heterocycles. The second kappa shape index (κ2) is 5.46. The summed E-state index contributed by atoms with van der Waals surface area (Å²) in [5.74, 6) is 0.528. The zero-order chi connectivity index (χ0) is 14.1. The van der Waals surface area contributed by atoms with Crippen molar-refractivity contribution in [2.45, 2.75) is 6.04 Å². The van der Waals surface area contributed by atoms with Gasteiger partial charge >= 0.3 is 0 Å². The number of nitrogens with two attached hydrogens (primary N) is 1. The van der Waals surface area contributed by atoms with Gasteiger partial charge in [0.05, 0.1) is 12.6 Å². The summed E-state index contributed by atoms with van der Waals surface area (Å²) in [6.45, 7) is 0.613. The fourth-order valence-electron chi connectivity index (χ4n) is 2.41. The number of nitrogens with zero attached hydrogens (tertiary/aromatic N) is 2. The van der Waals surface area contributed by atoms with Crippen LogP contribution in [0.2, 0.25) is 5.02 Å². The van der Waals surface area contributed by atoms with Crippen LogP contribution in [-0.2, 0) is 0 Å². The van der Waals surface area contributed by atoms with E-state index in [2.05, 4.69) is 20.9 Å². The minimum absolute atomic E-state index is 0.0398. The van der Waals surface area contributed by atoms with Crippen LogP contribution in [0.1, 0.15) is 11.6 Å². The van der Waals surface area contributed by atoms with Crippen LogP contribution in [0.3, 0.4) is 0 Å². The lowest BCUT2D eigenvalue weighted by Crippen LogP contribution is -2.36. The molecule has 0 bridgehead atoms. The molecule has 1 aliphatic heterocycles. The molecule has 0 saturated carbocycles. The molecule has 0 fully saturated rings. The fraction of sp³-hybridized carbons (Fsp3) is 0.133. The Morgan fingerprint density at radius 1 is 1.20 bits per heavy atom. The van der Waals surface area contributed by atoms with Gasteiger partial charge in [-0.1, -0.05) is 51.8 Å². The van der Waals surface area contributed by atoms with E-state index in [4.69, 9.17) is 17.3 Å². The first-order valence-corrected chi connectivity index (χ1v) is 7.43. The van der Waals surface area contributed by atoms with Gasteiger partial charge in [-0.2, -0.15) is 0 Å². The number of hydrogen-bond donors (Lipinski definition) is 1. The zero-order valence-corrected chi connectivity index (χ0v) is 13.0. The van der Waals surface area contributed by atoms with Crippen molar-refractivity contribution < 1.29 is 0 Å². The largest absolute Gasteiger partial charge is 0.369 e. The van der Waals surface area contributed by atoms with Crippen molar-refractivity contribution in [1.82, 2.24) is 0 Å². The van der Waals surface area contributed by atoms with Gasteiger partial charge in [0.25, 0.3) is 0 Å². The molecular formula is C15H13BrClN3. The molecule has 0 amide bonds. The predicted octanol–water partition coefficient (Wildman–Crippen LogP) is 3.98. The summed E-state index contributed by atoms with van der Waals surface area (Å²) in [6.07, 6.45) is 0. The van der Waals surface area contributed by atoms with Crippen molar-refractivity contribution in [3.63, 3.8) is 0 Å². The highest BCUT2D eigenvalue weighted by molar-refractivity contribution is 9.10. The van der Waals surface area contributed by atoms with E-state index >= 15 is 0 Å². The van der Waals surface area contributed by atoms with Crippen molar-refractivity contribution in [2.24, 2.45) is 10.7 Å². The Morgan fingerprint density at radius 3 is 2.65 bits per heavy atom. The van der Waals surface area contributed by atoms with Crippen LogP contribution in [0, 0.1) is 0 Å². The standard InChI is InChI=1S/C15H13BrClN3/c16-10-6-7-12(13(17)8-10)14-9-19-15(18)20(14)11-4-2-1-3-5-11/h1-8,14H,9H2,(H2,18,19). The van der Waals surface area contributed by atoms with E-state index in [0.717, 1.165) is 20.7 Å². The van der Waals surface area contributed by atoms with E-state index < -0.39 is 0 Å². The minimum atomic E-state index is 0.0398. The smallest absolute Gasteiger partial charge is 0.196 e. The van der Waals surface area contributed by atoms with Crippen LogP contribution in [-0.4, -0.2) is 12.5 Å². The van der Waals surface area contributed by atoms with Crippen LogP contribution in [0.5, 0.6) is 0 Å². The maximum Gasteiger partial charge on any atom is 0.196 e. The average molecular weight is 351 g/mol. The van der Waals surface area contributed by atoms with Gasteiger partial charge in [0, 0.05) is 15.2 Å². The summed E-state index contributed by atoms with van der Waals surface area (Å²) >= 11 is 9.79. The molecule has 1 aliphatic rings. The maximum atomic E-state index is 6.36. The number of anilines is 1. The van der Waals surface area contributed by atoms with E-state index in [1.807, 2.05) is 53.4 Å². The first kappa shape index (κ1) is 13.5. The number of halogens is 2. The summed E-state index contributed by atoms with van der Waals surface area (Å²) in [5.41, 5.74) is 8.10. The number of guanidine groups is 1. The van der Waals surface area contributed by atoms with Gasteiger partial charge in [-0.25, -0.2) is 0 Å². The van der Waals surface area contributed by atoms with E-state index in [1.165, 1.54) is 0 Å². The predicted molar refractivity (Wildman–Crippen MR) is 87.3 cm³/mol. The summed E-state index contributed by atoms with van der Waals surface area (Å²) in [6, 6.07) is 15.9.